The number of aryl methyl sites for hydroxylation is 1. The highest BCUT2D eigenvalue weighted by Gasteiger charge is 2.24. The Morgan fingerprint density at radius 2 is 1.75 bits per heavy atom. The normalized spacial score (nSPS) is 11.9. The molecule has 0 saturated heterocycles. The zero-order valence-electron chi connectivity index (χ0n) is 17.4. The predicted octanol–water partition coefficient (Wildman–Crippen LogP) is 3.59. The van der Waals surface area contributed by atoms with Gasteiger partial charge in [0.25, 0.3) is 11.5 Å². The van der Waals surface area contributed by atoms with E-state index in [4.69, 9.17) is 4.74 Å². The molecule has 2 aromatic carbocycles. The largest absolute Gasteiger partial charge is 0.448 e. The molecule has 1 atom stereocenters. The molecule has 8 nitrogen and oxygen atoms in total. The molecule has 0 spiro atoms. The Morgan fingerprint density at radius 3 is 2.44 bits per heavy atom. The second-order valence-electron chi connectivity index (χ2n) is 6.83. The Kier molecular flexibility index (Phi) is 7.14. The maximum atomic E-state index is 12.8. The van der Waals surface area contributed by atoms with Gasteiger partial charge in [0.05, 0.1) is 11.1 Å². The molecule has 0 aliphatic carbocycles. The maximum Gasteiger partial charge on any atom is 0.387 e. The molecule has 1 amide bonds. The van der Waals surface area contributed by atoms with Gasteiger partial charge < -0.3 is 14.8 Å². The maximum absolute atomic E-state index is 12.8. The summed E-state index contributed by atoms with van der Waals surface area (Å²) in [5, 5.41) is 7.14. The van der Waals surface area contributed by atoms with E-state index < -0.39 is 24.6 Å². The van der Waals surface area contributed by atoms with Gasteiger partial charge in [-0.3, -0.25) is 9.59 Å². The molecular weight excluding hydrogens is 424 g/mol. The van der Waals surface area contributed by atoms with Gasteiger partial charge >= 0.3 is 12.6 Å². The number of anilines is 1. The number of amides is 1. The molecular formula is C22H21F2N3O5. The van der Waals surface area contributed by atoms with E-state index in [2.05, 4.69) is 15.2 Å². The molecule has 0 aliphatic heterocycles. The minimum atomic E-state index is -3.07. The van der Waals surface area contributed by atoms with Crippen LogP contribution in [-0.4, -0.2) is 34.4 Å². The van der Waals surface area contributed by atoms with Crippen LogP contribution in [0, 0.1) is 0 Å². The third-order valence-electron chi connectivity index (χ3n) is 4.51. The van der Waals surface area contributed by atoms with Crippen LogP contribution in [-0.2, 0) is 16.1 Å². The lowest BCUT2D eigenvalue weighted by Crippen LogP contribution is -2.32. The first-order valence-corrected chi connectivity index (χ1v) is 9.87. The summed E-state index contributed by atoms with van der Waals surface area (Å²) in [5.41, 5.74) is -0.434. The molecule has 32 heavy (non-hydrogen) atoms. The second-order valence-corrected chi connectivity index (χ2v) is 6.83. The first-order valence-electron chi connectivity index (χ1n) is 9.87. The number of benzene rings is 2. The molecule has 1 heterocycles. The molecule has 3 aromatic rings. The number of nitrogens with one attached hydrogen (secondary N) is 1. The minimum absolute atomic E-state index is 0.000712. The summed E-state index contributed by atoms with van der Waals surface area (Å²) in [6.45, 7) is 0.430. The van der Waals surface area contributed by atoms with Crippen molar-refractivity contribution in [1.29, 1.82) is 0 Å². The number of esters is 1. The number of para-hydroxylation sites is 2. The van der Waals surface area contributed by atoms with E-state index in [1.54, 1.807) is 24.3 Å². The van der Waals surface area contributed by atoms with Gasteiger partial charge in [-0.15, -0.1) is 0 Å². The summed E-state index contributed by atoms with van der Waals surface area (Å²) in [7, 11) is 0. The number of carbonyl (C=O) groups is 2. The highest BCUT2D eigenvalue weighted by molar-refractivity contribution is 6.04. The Bertz CT molecular complexity index is 1200. The monoisotopic (exact) mass is 445 g/mol. The predicted molar refractivity (Wildman–Crippen MR) is 113 cm³/mol. The van der Waals surface area contributed by atoms with Gasteiger partial charge in [-0.25, -0.2) is 9.48 Å². The van der Waals surface area contributed by atoms with Gasteiger partial charge in [0.2, 0.25) is 0 Å². The molecule has 0 bridgehead atoms. The first-order chi connectivity index (χ1) is 15.3. The lowest BCUT2D eigenvalue weighted by Gasteiger charge is -2.16. The fraction of sp³-hybridized carbons (Fsp3) is 0.273. The Hall–Kier alpha value is -3.82. The van der Waals surface area contributed by atoms with Crippen LogP contribution in [0.3, 0.4) is 0 Å². The molecule has 0 unspecified atom stereocenters. The highest BCUT2D eigenvalue weighted by atomic mass is 19.3. The van der Waals surface area contributed by atoms with Crippen molar-refractivity contribution >= 4 is 28.3 Å². The van der Waals surface area contributed by atoms with Crippen molar-refractivity contribution in [3.8, 4) is 5.75 Å². The van der Waals surface area contributed by atoms with Crippen LogP contribution in [0.1, 0.15) is 30.8 Å². The van der Waals surface area contributed by atoms with E-state index in [1.807, 2.05) is 6.92 Å². The molecule has 0 aliphatic rings. The van der Waals surface area contributed by atoms with Crippen LogP contribution in [0.25, 0.3) is 10.8 Å². The number of fused-ring (bicyclic) bond motifs is 1. The number of halogens is 2. The molecule has 1 aromatic heterocycles. The van der Waals surface area contributed by atoms with Crippen molar-refractivity contribution < 1.29 is 27.8 Å². The average molecular weight is 445 g/mol. The summed E-state index contributed by atoms with van der Waals surface area (Å²) < 4.78 is 35.9. The van der Waals surface area contributed by atoms with Crippen LogP contribution < -0.4 is 15.6 Å². The molecule has 0 fully saturated rings. The van der Waals surface area contributed by atoms with Gasteiger partial charge in [0, 0.05) is 11.9 Å². The van der Waals surface area contributed by atoms with Crippen molar-refractivity contribution in [2.45, 2.75) is 39.5 Å². The van der Waals surface area contributed by atoms with Crippen LogP contribution in [0.5, 0.6) is 5.75 Å². The number of hydrogen-bond acceptors (Lipinski definition) is 6. The van der Waals surface area contributed by atoms with Crippen LogP contribution in [0.4, 0.5) is 14.5 Å². The SMILES string of the molecule is CCCn1nc(C(=O)O[C@@H](C)C(=O)Nc2ccccc2OC(F)F)c2ccccc2c1=O. The third kappa shape index (κ3) is 5.08. The molecule has 10 heteroatoms. The van der Waals surface area contributed by atoms with Crippen LogP contribution in [0.15, 0.2) is 53.3 Å². The van der Waals surface area contributed by atoms with E-state index in [0.29, 0.717) is 23.7 Å². The third-order valence-corrected chi connectivity index (χ3v) is 4.51. The summed E-state index contributed by atoms with van der Waals surface area (Å²) in [6, 6.07) is 12.1. The Morgan fingerprint density at radius 1 is 1.09 bits per heavy atom. The van der Waals surface area contributed by atoms with Crippen molar-refractivity contribution in [3.63, 3.8) is 0 Å². The van der Waals surface area contributed by atoms with Gasteiger partial charge in [0.15, 0.2) is 11.8 Å². The van der Waals surface area contributed by atoms with Crippen molar-refractivity contribution in [2.24, 2.45) is 0 Å². The number of ether oxygens (including phenoxy) is 2. The number of hydrogen-bond donors (Lipinski definition) is 1. The lowest BCUT2D eigenvalue weighted by molar-refractivity contribution is -0.123. The quantitative estimate of drug-likeness (QED) is 0.532. The van der Waals surface area contributed by atoms with E-state index in [-0.39, 0.29) is 22.7 Å². The zero-order valence-corrected chi connectivity index (χ0v) is 17.4. The van der Waals surface area contributed by atoms with E-state index >= 15 is 0 Å². The van der Waals surface area contributed by atoms with Crippen LogP contribution in [0.2, 0.25) is 0 Å². The minimum Gasteiger partial charge on any atom is -0.448 e. The van der Waals surface area contributed by atoms with E-state index in [1.165, 1.54) is 35.9 Å². The fourth-order valence-corrected chi connectivity index (χ4v) is 3.02. The van der Waals surface area contributed by atoms with Crippen molar-refractivity contribution in [3.05, 3.63) is 64.6 Å². The average Bonchev–Trinajstić information content (AvgIpc) is 2.76. The Labute approximate surface area is 181 Å². The summed E-state index contributed by atoms with van der Waals surface area (Å²) >= 11 is 0. The van der Waals surface area contributed by atoms with Crippen LogP contribution >= 0.6 is 0 Å². The van der Waals surface area contributed by atoms with Crippen molar-refractivity contribution in [1.82, 2.24) is 9.78 Å². The number of aromatic nitrogens is 2. The van der Waals surface area contributed by atoms with Gasteiger partial charge in [-0.1, -0.05) is 37.3 Å². The smallest absolute Gasteiger partial charge is 0.387 e. The summed E-state index contributed by atoms with van der Waals surface area (Å²) in [6.07, 6.45) is -0.659. The second kappa shape index (κ2) is 9.99. The molecule has 168 valence electrons. The van der Waals surface area contributed by atoms with E-state index in [0.717, 1.165) is 0 Å². The molecule has 3 rings (SSSR count). The number of nitrogens with zero attached hydrogens (tertiary/aromatic N) is 2. The Balaban J connectivity index is 1.82. The van der Waals surface area contributed by atoms with Gasteiger partial charge in [0.1, 0.15) is 5.75 Å². The summed E-state index contributed by atoms with van der Waals surface area (Å²) in [4.78, 5) is 37.9. The number of carbonyl (C=O) groups excluding carboxylic acids is 2. The molecule has 0 saturated carbocycles. The molecule has 1 N–H and O–H groups in total. The first kappa shape index (κ1) is 22.9. The standard InChI is InChI=1S/C22H21F2N3O5/c1-3-12-27-20(29)15-9-5-4-8-14(15)18(26-27)21(30)31-13(2)19(28)25-16-10-6-7-11-17(16)32-22(23)24/h4-11,13,22H,3,12H2,1-2H3,(H,25,28)/t13-/m0/s1. The highest BCUT2D eigenvalue weighted by Crippen LogP contribution is 2.26. The molecule has 0 radical (unpaired) electrons. The van der Waals surface area contributed by atoms with Gasteiger partial charge in [-0.2, -0.15) is 13.9 Å². The lowest BCUT2D eigenvalue weighted by atomic mass is 10.1. The number of alkyl halides is 2. The fourth-order valence-electron chi connectivity index (χ4n) is 3.02. The zero-order chi connectivity index (χ0) is 23.3. The summed E-state index contributed by atoms with van der Waals surface area (Å²) in [5.74, 6) is -1.88. The van der Waals surface area contributed by atoms with Gasteiger partial charge in [-0.05, 0) is 31.5 Å². The topological polar surface area (TPSA) is 99.5 Å². The number of rotatable bonds is 8. The van der Waals surface area contributed by atoms with Crippen molar-refractivity contribution in [2.75, 3.05) is 5.32 Å². The van der Waals surface area contributed by atoms with E-state index in [9.17, 15) is 23.2 Å².